The largest absolute Gasteiger partial charge is 0.493 e. The molecule has 116 valence electrons. The molecule has 0 radical (unpaired) electrons. The predicted octanol–water partition coefficient (Wildman–Crippen LogP) is 3.73. The summed E-state index contributed by atoms with van der Waals surface area (Å²) in [6, 6.07) is 4.71. The Morgan fingerprint density at radius 1 is 1.38 bits per heavy atom. The van der Waals surface area contributed by atoms with Crippen LogP contribution in [-0.4, -0.2) is 12.6 Å². The number of hydrogen-bond acceptors (Lipinski definition) is 3. The molecule has 1 fully saturated rings. The Bertz CT molecular complexity index is 512. The fraction of sp³-hybridized carbons (Fsp3) is 0.647. The third kappa shape index (κ3) is 2.86. The van der Waals surface area contributed by atoms with Crippen LogP contribution in [0.4, 0.5) is 0 Å². The summed E-state index contributed by atoms with van der Waals surface area (Å²) in [5.74, 6) is 7.04. The number of halogens is 1. The Morgan fingerprint density at radius 2 is 2.14 bits per heavy atom. The zero-order valence-electron chi connectivity index (χ0n) is 12.8. The Morgan fingerprint density at radius 3 is 2.81 bits per heavy atom. The molecule has 3 N–H and O–H groups in total. The summed E-state index contributed by atoms with van der Waals surface area (Å²) in [5, 5.41) is 0. The minimum Gasteiger partial charge on any atom is -0.493 e. The van der Waals surface area contributed by atoms with E-state index in [1.54, 1.807) is 0 Å². The lowest BCUT2D eigenvalue weighted by Crippen LogP contribution is -2.48. The van der Waals surface area contributed by atoms with Crippen molar-refractivity contribution in [2.24, 2.45) is 11.3 Å². The molecule has 0 aromatic heterocycles. The van der Waals surface area contributed by atoms with Crippen LogP contribution in [0.25, 0.3) is 0 Å². The highest BCUT2D eigenvalue weighted by Gasteiger charge is 2.39. The highest BCUT2D eigenvalue weighted by molar-refractivity contribution is 9.10. The van der Waals surface area contributed by atoms with Crippen LogP contribution in [0.2, 0.25) is 0 Å². The van der Waals surface area contributed by atoms with Gasteiger partial charge in [-0.3, -0.25) is 11.3 Å². The molecule has 3 nitrogen and oxygen atoms in total. The first-order valence-electron chi connectivity index (χ1n) is 8.09. The van der Waals surface area contributed by atoms with Crippen molar-refractivity contribution < 1.29 is 4.74 Å². The summed E-state index contributed by atoms with van der Waals surface area (Å²) < 4.78 is 7.02. The molecule has 0 bridgehead atoms. The van der Waals surface area contributed by atoms with Gasteiger partial charge >= 0.3 is 0 Å². The van der Waals surface area contributed by atoms with E-state index in [0.717, 1.165) is 29.7 Å². The maximum absolute atomic E-state index is 5.94. The lowest BCUT2D eigenvalue weighted by atomic mass is 9.74. The second-order valence-electron chi connectivity index (χ2n) is 6.50. The molecule has 1 aliphatic heterocycles. The standard InChI is InChI=1S/C17H25BrN2O/c1-2-17(6-3-4-7-17)15(20-19)11-13-10-14(18)9-12-5-8-21-16(12)13/h9-10,15,20H,2-8,11,19H2,1H3. The minimum absolute atomic E-state index is 0.326. The van der Waals surface area contributed by atoms with Crippen molar-refractivity contribution in [3.63, 3.8) is 0 Å². The van der Waals surface area contributed by atoms with E-state index in [9.17, 15) is 0 Å². The first kappa shape index (κ1) is 15.3. The van der Waals surface area contributed by atoms with Gasteiger partial charge in [0.15, 0.2) is 0 Å². The van der Waals surface area contributed by atoms with Crippen LogP contribution in [0.1, 0.15) is 50.2 Å². The second kappa shape index (κ2) is 6.27. The molecule has 1 atom stereocenters. The highest BCUT2D eigenvalue weighted by Crippen LogP contribution is 2.45. The van der Waals surface area contributed by atoms with Crippen LogP contribution in [0.5, 0.6) is 5.75 Å². The van der Waals surface area contributed by atoms with E-state index >= 15 is 0 Å². The van der Waals surface area contributed by atoms with Crippen LogP contribution >= 0.6 is 15.9 Å². The van der Waals surface area contributed by atoms with Crippen LogP contribution in [0, 0.1) is 5.41 Å². The SMILES string of the molecule is CCC1(C(Cc2cc(Br)cc3c2OCC3)NN)CCCC1. The highest BCUT2D eigenvalue weighted by atomic mass is 79.9. The Kier molecular flexibility index (Phi) is 4.57. The van der Waals surface area contributed by atoms with Gasteiger partial charge in [0.1, 0.15) is 5.75 Å². The smallest absolute Gasteiger partial charge is 0.125 e. The molecular formula is C17H25BrN2O. The van der Waals surface area contributed by atoms with Gasteiger partial charge < -0.3 is 4.74 Å². The molecule has 1 unspecified atom stereocenters. The molecule has 4 heteroatoms. The molecule has 1 heterocycles. The van der Waals surface area contributed by atoms with E-state index in [4.69, 9.17) is 10.6 Å². The topological polar surface area (TPSA) is 47.3 Å². The number of rotatable bonds is 5. The van der Waals surface area contributed by atoms with Crippen LogP contribution in [0.3, 0.4) is 0 Å². The van der Waals surface area contributed by atoms with Crippen molar-refractivity contribution in [1.82, 2.24) is 5.43 Å². The van der Waals surface area contributed by atoms with Gasteiger partial charge in [-0.2, -0.15) is 0 Å². The zero-order chi connectivity index (χ0) is 14.9. The van der Waals surface area contributed by atoms with Crippen LogP contribution in [0.15, 0.2) is 16.6 Å². The minimum atomic E-state index is 0.326. The first-order valence-corrected chi connectivity index (χ1v) is 8.88. The number of nitrogens with two attached hydrogens (primary N) is 1. The van der Waals surface area contributed by atoms with Gasteiger partial charge in [-0.25, -0.2) is 0 Å². The Labute approximate surface area is 135 Å². The van der Waals surface area contributed by atoms with E-state index < -0.39 is 0 Å². The maximum atomic E-state index is 5.94. The third-order valence-corrected chi connectivity index (χ3v) is 5.95. The van der Waals surface area contributed by atoms with E-state index in [-0.39, 0.29) is 0 Å². The molecule has 3 rings (SSSR count). The molecule has 1 aromatic rings. The molecule has 1 aromatic carbocycles. The summed E-state index contributed by atoms with van der Waals surface area (Å²) in [5.41, 5.74) is 6.09. The molecule has 1 aliphatic carbocycles. The molecule has 0 spiro atoms. The lowest BCUT2D eigenvalue weighted by Gasteiger charge is -2.37. The number of benzene rings is 1. The van der Waals surface area contributed by atoms with Crippen molar-refractivity contribution in [1.29, 1.82) is 0 Å². The predicted molar refractivity (Wildman–Crippen MR) is 89.3 cm³/mol. The number of nitrogens with one attached hydrogen (secondary N) is 1. The van der Waals surface area contributed by atoms with Crippen LogP contribution < -0.4 is 16.0 Å². The quantitative estimate of drug-likeness (QED) is 0.626. The summed E-state index contributed by atoms with van der Waals surface area (Å²) in [6.45, 7) is 3.11. The fourth-order valence-electron chi connectivity index (χ4n) is 4.20. The second-order valence-corrected chi connectivity index (χ2v) is 7.41. The molecular weight excluding hydrogens is 328 g/mol. The Balaban J connectivity index is 1.88. The maximum Gasteiger partial charge on any atom is 0.125 e. The zero-order valence-corrected chi connectivity index (χ0v) is 14.3. The average Bonchev–Trinajstić information content (AvgIpc) is 3.13. The molecule has 1 saturated carbocycles. The van der Waals surface area contributed by atoms with E-state index in [1.807, 2.05) is 0 Å². The van der Waals surface area contributed by atoms with Crippen molar-refractivity contribution in [2.75, 3.05) is 6.61 Å². The van der Waals surface area contributed by atoms with Crippen molar-refractivity contribution in [3.8, 4) is 5.75 Å². The summed E-state index contributed by atoms with van der Waals surface area (Å²) in [4.78, 5) is 0. The molecule has 0 amide bonds. The van der Waals surface area contributed by atoms with Crippen molar-refractivity contribution in [2.45, 2.75) is 57.9 Å². The molecule has 0 saturated heterocycles. The number of hydrogen-bond donors (Lipinski definition) is 2. The summed E-state index contributed by atoms with van der Waals surface area (Å²) in [7, 11) is 0. The number of ether oxygens (including phenoxy) is 1. The van der Waals surface area contributed by atoms with Crippen molar-refractivity contribution >= 4 is 15.9 Å². The van der Waals surface area contributed by atoms with E-state index in [2.05, 4.69) is 40.4 Å². The van der Waals surface area contributed by atoms with Gasteiger partial charge in [0.05, 0.1) is 6.61 Å². The normalized spacial score (nSPS) is 21.1. The van der Waals surface area contributed by atoms with Crippen molar-refractivity contribution in [3.05, 3.63) is 27.7 Å². The first-order chi connectivity index (χ1) is 10.2. The van der Waals surface area contributed by atoms with E-state index in [0.29, 0.717) is 11.5 Å². The van der Waals surface area contributed by atoms with Gasteiger partial charge in [0, 0.05) is 16.9 Å². The third-order valence-electron chi connectivity index (χ3n) is 5.49. The monoisotopic (exact) mass is 352 g/mol. The molecule has 2 aliphatic rings. The van der Waals surface area contributed by atoms with Gasteiger partial charge in [0.25, 0.3) is 0 Å². The average molecular weight is 353 g/mol. The van der Waals surface area contributed by atoms with Gasteiger partial charge in [-0.1, -0.05) is 35.7 Å². The summed E-state index contributed by atoms with van der Waals surface area (Å²) in [6.07, 6.45) is 8.40. The summed E-state index contributed by atoms with van der Waals surface area (Å²) >= 11 is 3.63. The van der Waals surface area contributed by atoms with Gasteiger partial charge in [-0.05, 0) is 54.4 Å². The lowest BCUT2D eigenvalue weighted by molar-refractivity contribution is 0.184. The van der Waals surface area contributed by atoms with Crippen LogP contribution in [-0.2, 0) is 12.8 Å². The Hall–Kier alpha value is -0.580. The fourth-order valence-corrected chi connectivity index (χ4v) is 4.75. The number of fused-ring (bicyclic) bond motifs is 1. The number of hydrazine groups is 1. The molecule has 21 heavy (non-hydrogen) atoms. The van der Waals surface area contributed by atoms with Gasteiger partial charge in [-0.15, -0.1) is 0 Å². The van der Waals surface area contributed by atoms with Gasteiger partial charge in [0.2, 0.25) is 0 Å². The van der Waals surface area contributed by atoms with E-state index in [1.165, 1.54) is 43.2 Å².